The number of hydrogen-bond acceptors (Lipinski definition) is 4. The molecule has 1 heterocycles. The van der Waals surface area contributed by atoms with Crippen LogP contribution < -0.4 is 10.5 Å². The van der Waals surface area contributed by atoms with E-state index < -0.39 is 29.5 Å². The molecular weight excluding hydrogens is 217 g/mol. The van der Waals surface area contributed by atoms with Gasteiger partial charge in [-0.3, -0.25) is 0 Å². The van der Waals surface area contributed by atoms with Crippen molar-refractivity contribution in [2.75, 3.05) is 5.73 Å². The topological polar surface area (TPSA) is 85.4 Å². The van der Waals surface area contributed by atoms with Crippen LogP contribution in [-0.2, 0) is 0 Å². The molecule has 0 atom stereocenters. The first-order valence-corrected chi connectivity index (χ1v) is 3.55. The molecule has 0 aliphatic heterocycles. The Kier molecular flexibility index (Phi) is 2.69. The molecule has 0 unspecified atom stereocenters. The number of nitrogens with two attached hydrogens (primary N) is 1. The molecule has 0 aromatic carbocycles. The van der Waals surface area contributed by atoms with Crippen molar-refractivity contribution in [2.45, 2.75) is 6.36 Å². The number of hydrogen-bond donors (Lipinski definition) is 2. The van der Waals surface area contributed by atoms with Crippen LogP contribution in [0.15, 0.2) is 12.3 Å². The number of carboxylic acid groups (broad SMARTS) is 1. The van der Waals surface area contributed by atoms with Gasteiger partial charge in [0.1, 0.15) is 5.56 Å². The molecule has 1 aromatic heterocycles. The second kappa shape index (κ2) is 3.64. The van der Waals surface area contributed by atoms with Crippen molar-refractivity contribution in [3.63, 3.8) is 0 Å². The number of halogens is 3. The molecule has 1 rings (SSSR count). The summed E-state index contributed by atoms with van der Waals surface area (Å²) < 4.78 is 39.1. The van der Waals surface area contributed by atoms with Crippen LogP contribution in [-0.4, -0.2) is 22.4 Å². The second-order valence-corrected chi connectivity index (χ2v) is 2.43. The number of carboxylic acids is 1. The van der Waals surface area contributed by atoms with E-state index >= 15 is 0 Å². The van der Waals surface area contributed by atoms with Crippen LogP contribution in [0.5, 0.6) is 5.75 Å². The van der Waals surface area contributed by atoms with E-state index in [-0.39, 0.29) is 0 Å². The number of anilines is 1. The van der Waals surface area contributed by atoms with Gasteiger partial charge in [0, 0.05) is 6.20 Å². The molecule has 0 saturated heterocycles. The minimum absolute atomic E-state index is 0.632. The minimum atomic E-state index is -5.01. The molecule has 0 aliphatic rings. The van der Waals surface area contributed by atoms with E-state index in [1.807, 2.05) is 0 Å². The van der Waals surface area contributed by atoms with Crippen LogP contribution in [0.2, 0.25) is 0 Å². The van der Waals surface area contributed by atoms with Crippen molar-refractivity contribution in [1.29, 1.82) is 0 Å². The summed E-state index contributed by atoms with van der Waals surface area (Å²) in [6, 6.07) is 0.861. The highest BCUT2D eigenvalue weighted by atomic mass is 19.4. The third kappa shape index (κ3) is 2.73. The fraction of sp³-hybridized carbons (Fsp3) is 0.143. The maximum Gasteiger partial charge on any atom is 0.573 e. The number of nitrogens with zero attached hydrogens (tertiary/aromatic N) is 1. The fourth-order valence-corrected chi connectivity index (χ4v) is 0.856. The van der Waals surface area contributed by atoms with Gasteiger partial charge < -0.3 is 15.6 Å². The Morgan fingerprint density at radius 1 is 1.53 bits per heavy atom. The third-order valence-electron chi connectivity index (χ3n) is 1.38. The Hall–Kier alpha value is -1.99. The van der Waals surface area contributed by atoms with Gasteiger partial charge in [-0.15, -0.1) is 13.2 Å². The average molecular weight is 222 g/mol. The van der Waals surface area contributed by atoms with Crippen LogP contribution in [0.1, 0.15) is 10.4 Å². The van der Waals surface area contributed by atoms with Crippen molar-refractivity contribution in [1.82, 2.24) is 4.98 Å². The van der Waals surface area contributed by atoms with Gasteiger partial charge in [0.2, 0.25) is 0 Å². The maximum absolute atomic E-state index is 11.9. The number of nitrogen functional groups attached to an aromatic ring is 1. The van der Waals surface area contributed by atoms with Gasteiger partial charge in [-0.25, -0.2) is 9.78 Å². The summed E-state index contributed by atoms with van der Waals surface area (Å²) in [5.41, 5.74) is 4.37. The van der Waals surface area contributed by atoms with Crippen LogP contribution >= 0.6 is 0 Å². The Morgan fingerprint density at radius 3 is 2.60 bits per heavy atom. The Morgan fingerprint density at radius 2 is 2.13 bits per heavy atom. The van der Waals surface area contributed by atoms with Gasteiger partial charge >= 0.3 is 12.3 Å². The molecule has 0 saturated carbocycles. The monoisotopic (exact) mass is 222 g/mol. The molecule has 0 aliphatic carbocycles. The number of aromatic carboxylic acids is 1. The van der Waals surface area contributed by atoms with E-state index in [0.29, 0.717) is 0 Å². The van der Waals surface area contributed by atoms with Gasteiger partial charge in [-0.1, -0.05) is 0 Å². The minimum Gasteiger partial charge on any atom is -0.478 e. The largest absolute Gasteiger partial charge is 0.573 e. The summed E-state index contributed by atoms with van der Waals surface area (Å²) in [6.45, 7) is 0. The highest BCUT2D eigenvalue weighted by molar-refractivity contribution is 5.92. The molecular formula is C7H5F3N2O3. The molecule has 0 spiro atoms. The first kappa shape index (κ1) is 11.1. The van der Waals surface area contributed by atoms with Crippen molar-refractivity contribution in [2.24, 2.45) is 0 Å². The van der Waals surface area contributed by atoms with E-state index in [0.717, 1.165) is 12.3 Å². The lowest BCUT2D eigenvalue weighted by atomic mass is 10.2. The number of rotatable bonds is 2. The predicted molar refractivity (Wildman–Crippen MR) is 42.3 cm³/mol. The molecule has 0 fully saturated rings. The average Bonchev–Trinajstić information content (AvgIpc) is 2.05. The zero-order valence-corrected chi connectivity index (χ0v) is 7.08. The highest BCUT2D eigenvalue weighted by Gasteiger charge is 2.34. The van der Waals surface area contributed by atoms with Crippen LogP contribution in [0.25, 0.3) is 0 Å². The quantitative estimate of drug-likeness (QED) is 0.786. The van der Waals surface area contributed by atoms with Crippen LogP contribution in [0, 0.1) is 0 Å². The van der Waals surface area contributed by atoms with E-state index in [1.54, 1.807) is 0 Å². The number of alkyl halides is 3. The lowest BCUT2D eigenvalue weighted by Crippen LogP contribution is -2.20. The Bertz CT molecular complexity index is 392. The number of pyridine rings is 1. The summed E-state index contributed by atoms with van der Waals surface area (Å²) in [7, 11) is 0. The van der Waals surface area contributed by atoms with E-state index in [4.69, 9.17) is 10.8 Å². The SMILES string of the molecule is Nc1nccc(C(=O)O)c1OC(F)(F)F. The lowest BCUT2D eigenvalue weighted by molar-refractivity contribution is -0.274. The number of carbonyl (C=O) groups is 1. The van der Waals surface area contributed by atoms with E-state index in [9.17, 15) is 18.0 Å². The number of aromatic nitrogens is 1. The smallest absolute Gasteiger partial charge is 0.478 e. The first-order chi connectivity index (χ1) is 6.81. The van der Waals surface area contributed by atoms with Crippen LogP contribution in [0.3, 0.4) is 0 Å². The van der Waals surface area contributed by atoms with Gasteiger partial charge in [-0.05, 0) is 6.07 Å². The fourth-order valence-electron chi connectivity index (χ4n) is 0.856. The lowest BCUT2D eigenvalue weighted by Gasteiger charge is -2.12. The van der Waals surface area contributed by atoms with Gasteiger partial charge in [0.25, 0.3) is 0 Å². The molecule has 15 heavy (non-hydrogen) atoms. The van der Waals surface area contributed by atoms with Crippen molar-refractivity contribution in [3.8, 4) is 5.75 Å². The zero-order chi connectivity index (χ0) is 11.6. The highest BCUT2D eigenvalue weighted by Crippen LogP contribution is 2.30. The van der Waals surface area contributed by atoms with E-state index in [2.05, 4.69) is 9.72 Å². The second-order valence-electron chi connectivity index (χ2n) is 2.43. The Labute approximate surface area is 81.3 Å². The third-order valence-corrected chi connectivity index (χ3v) is 1.38. The first-order valence-electron chi connectivity index (χ1n) is 3.55. The van der Waals surface area contributed by atoms with Crippen molar-refractivity contribution < 1.29 is 27.8 Å². The molecule has 8 heteroatoms. The summed E-state index contributed by atoms with van der Waals surface area (Å²) in [4.78, 5) is 13.8. The van der Waals surface area contributed by atoms with Gasteiger partial charge in [-0.2, -0.15) is 0 Å². The van der Waals surface area contributed by atoms with Crippen molar-refractivity contribution in [3.05, 3.63) is 17.8 Å². The molecule has 0 radical (unpaired) electrons. The standard InChI is InChI=1S/C7H5F3N2O3/c8-7(9,10)15-4-3(6(13)14)1-2-12-5(4)11/h1-2H,(H2,11,12)(H,13,14). The summed E-state index contributed by atoms with van der Waals surface area (Å²) in [5, 5.41) is 8.56. The van der Waals surface area contributed by atoms with Crippen molar-refractivity contribution >= 4 is 11.8 Å². The molecule has 3 N–H and O–H groups in total. The van der Waals surface area contributed by atoms with Gasteiger partial charge in [0.05, 0.1) is 0 Å². The Balaban J connectivity index is 3.19. The molecule has 0 bridgehead atoms. The molecule has 0 amide bonds. The summed E-state index contributed by atoms with van der Waals surface area (Å²) >= 11 is 0. The predicted octanol–water partition coefficient (Wildman–Crippen LogP) is 1.26. The molecule has 1 aromatic rings. The maximum atomic E-state index is 11.9. The van der Waals surface area contributed by atoms with Gasteiger partial charge in [0.15, 0.2) is 11.6 Å². The number of ether oxygens (including phenoxy) is 1. The summed E-state index contributed by atoms with van der Waals surface area (Å²) in [6.07, 6.45) is -4.04. The summed E-state index contributed by atoms with van der Waals surface area (Å²) in [5.74, 6) is -3.21. The molecule has 5 nitrogen and oxygen atoms in total. The zero-order valence-electron chi connectivity index (χ0n) is 7.08. The normalized spacial score (nSPS) is 11.1. The molecule has 82 valence electrons. The van der Waals surface area contributed by atoms with E-state index in [1.165, 1.54) is 0 Å². The van der Waals surface area contributed by atoms with Crippen LogP contribution in [0.4, 0.5) is 19.0 Å².